The van der Waals surface area contributed by atoms with Crippen LogP contribution in [0.5, 0.6) is 5.75 Å². The summed E-state index contributed by atoms with van der Waals surface area (Å²) in [5, 5.41) is 3.24. The van der Waals surface area contributed by atoms with Crippen molar-refractivity contribution in [2.24, 2.45) is 0 Å². The predicted octanol–water partition coefficient (Wildman–Crippen LogP) is 8.84. The average molecular weight is 602 g/mol. The van der Waals surface area contributed by atoms with E-state index in [1.54, 1.807) is 31.2 Å². The van der Waals surface area contributed by atoms with Crippen LogP contribution in [0.2, 0.25) is 30.1 Å². The minimum absolute atomic E-state index is 0.0296. The molecule has 3 aromatic rings. The fourth-order valence-corrected chi connectivity index (χ4v) is 5.44. The molecule has 2 aromatic carbocycles. The number of anilines is 1. The quantitative estimate of drug-likeness (QED) is 0.167. The second-order valence-electron chi connectivity index (χ2n) is 6.70. The van der Waals surface area contributed by atoms with Crippen LogP contribution in [-0.4, -0.2) is 25.1 Å². The summed E-state index contributed by atoms with van der Waals surface area (Å²) in [6.45, 7) is 3.20. The molecule has 34 heavy (non-hydrogen) atoms. The zero-order chi connectivity index (χ0) is 25.2. The van der Waals surface area contributed by atoms with E-state index in [1.807, 2.05) is 6.92 Å². The van der Waals surface area contributed by atoms with Crippen LogP contribution in [-0.2, 0) is 9.53 Å². The molecule has 0 aliphatic carbocycles. The third-order valence-corrected chi connectivity index (χ3v) is 7.98. The Morgan fingerprint density at radius 1 is 0.912 bits per heavy atom. The molecule has 0 radical (unpaired) electrons. The molecule has 12 heteroatoms. The van der Waals surface area contributed by atoms with Crippen LogP contribution in [0.15, 0.2) is 24.3 Å². The molecule has 5 nitrogen and oxygen atoms in total. The highest BCUT2D eigenvalue weighted by atomic mass is 35.5. The third kappa shape index (κ3) is 5.71. The molecule has 1 N–H and O–H groups in total. The van der Waals surface area contributed by atoms with Crippen LogP contribution >= 0.6 is 80.9 Å². The van der Waals surface area contributed by atoms with E-state index in [9.17, 15) is 9.59 Å². The maximum absolute atomic E-state index is 12.8. The van der Waals surface area contributed by atoms with Crippen molar-refractivity contribution >= 4 is 97.8 Å². The van der Waals surface area contributed by atoms with Crippen molar-refractivity contribution in [2.45, 2.75) is 13.8 Å². The Bertz CT molecular complexity index is 1230. The minimum atomic E-state index is -0.580. The van der Waals surface area contributed by atoms with Gasteiger partial charge in [0, 0.05) is 15.5 Å². The highest BCUT2D eigenvalue weighted by Gasteiger charge is 2.26. The zero-order valence-electron chi connectivity index (χ0n) is 17.5. The lowest BCUT2D eigenvalue weighted by molar-refractivity contribution is -0.118. The number of carbonyl (C=O) groups excluding carboxylic acids is 2. The summed E-state index contributed by atoms with van der Waals surface area (Å²) in [7, 11) is 0. The lowest BCUT2D eigenvalue weighted by Gasteiger charge is -2.14. The first-order valence-corrected chi connectivity index (χ1v) is 12.7. The normalized spacial score (nSPS) is 10.8. The van der Waals surface area contributed by atoms with Gasteiger partial charge in [-0.05, 0) is 31.5 Å². The van der Waals surface area contributed by atoms with Gasteiger partial charge in [-0.2, -0.15) is 0 Å². The molecule has 0 unspecified atom stereocenters. The van der Waals surface area contributed by atoms with Gasteiger partial charge in [-0.3, -0.25) is 4.79 Å². The fourth-order valence-electron chi connectivity index (χ4n) is 3.01. The molecule has 0 fully saturated rings. The van der Waals surface area contributed by atoms with Gasteiger partial charge in [0.1, 0.15) is 20.6 Å². The Morgan fingerprint density at radius 2 is 1.47 bits per heavy atom. The van der Waals surface area contributed by atoms with Gasteiger partial charge < -0.3 is 14.8 Å². The zero-order valence-corrected chi connectivity index (χ0v) is 22.9. The van der Waals surface area contributed by atoms with E-state index in [4.69, 9.17) is 79.1 Å². The monoisotopic (exact) mass is 599 g/mol. The van der Waals surface area contributed by atoms with Crippen LogP contribution in [0.3, 0.4) is 0 Å². The molecular weight excluding hydrogens is 587 g/mol. The fraction of sp³-hybridized carbons (Fsp3) is 0.182. The molecular formula is C22H15Cl6NO4S. The molecule has 1 heterocycles. The third-order valence-electron chi connectivity index (χ3n) is 4.47. The topological polar surface area (TPSA) is 64.6 Å². The summed E-state index contributed by atoms with van der Waals surface area (Å²) in [5.74, 6) is -1.24. The highest BCUT2D eigenvalue weighted by molar-refractivity contribution is 7.17. The van der Waals surface area contributed by atoms with E-state index in [0.717, 1.165) is 10.4 Å². The average Bonchev–Trinajstić information content (AvgIpc) is 3.12. The second kappa shape index (κ2) is 11.6. The first-order valence-electron chi connectivity index (χ1n) is 9.57. The van der Waals surface area contributed by atoms with Gasteiger partial charge in [-0.25, -0.2) is 4.79 Å². The van der Waals surface area contributed by atoms with E-state index in [2.05, 4.69) is 5.32 Å². The molecule has 0 saturated carbocycles. The summed E-state index contributed by atoms with van der Waals surface area (Å²) < 4.78 is 10.7. The maximum atomic E-state index is 12.8. The maximum Gasteiger partial charge on any atom is 0.341 e. The van der Waals surface area contributed by atoms with Crippen molar-refractivity contribution < 1.29 is 19.1 Å². The van der Waals surface area contributed by atoms with Crippen LogP contribution in [0.25, 0.3) is 11.1 Å². The standard InChI is InChI=1S/C22H15Cl6NO4S/c1-3-32-22(31)14-13(10-4-6-11(23)7-5-10)9(2)34-21(14)29-12(30)8-33-20-18(27)16(25)15(24)17(26)19(20)28/h4-7H,3,8H2,1-2H3,(H,29,30). The number of esters is 1. The van der Waals surface area contributed by atoms with Crippen molar-refractivity contribution in [1.82, 2.24) is 0 Å². The van der Waals surface area contributed by atoms with E-state index < -0.39 is 18.5 Å². The van der Waals surface area contributed by atoms with Gasteiger partial charge >= 0.3 is 5.97 Å². The van der Waals surface area contributed by atoms with Crippen molar-refractivity contribution in [3.8, 4) is 16.9 Å². The molecule has 0 bridgehead atoms. The van der Waals surface area contributed by atoms with Gasteiger partial charge in [0.2, 0.25) is 0 Å². The number of ether oxygens (including phenoxy) is 2. The Labute approximate surface area is 229 Å². The molecule has 0 aliphatic rings. The molecule has 180 valence electrons. The lowest BCUT2D eigenvalue weighted by Crippen LogP contribution is -2.21. The smallest absolute Gasteiger partial charge is 0.341 e. The Morgan fingerprint density at radius 3 is 2.03 bits per heavy atom. The number of thiophene rings is 1. The van der Waals surface area contributed by atoms with Gasteiger partial charge in [0.25, 0.3) is 5.91 Å². The van der Waals surface area contributed by atoms with Crippen LogP contribution in [0.4, 0.5) is 5.00 Å². The van der Waals surface area contributed by atoms with Crippen LogP contribution < -0.4 is 10.1 Å². The summed E-state index contributed by atoms with van der Waals surface area (Å²) in [6, 6.07) is 7.00. The van der Waals surface area contributed by atoms with Crippen molar-refractivity contribution in [1.29, 1.82) is 0 Å². The summed E-state index contributed by atoms with van der Waals surface area (Å²) >= 11 is 37.5. The number of carbonyl (C=O) groups is 2. The number of rotatable bonds is 7. The van der Waals surface area contributed by atoms with E-state index >= 15 is 0 Å². The number of nitrogens with one attached hydrogen (secondary N) is 1. The van der Waals surface area contributed by atoms with Crippen LogP contribution in [0.1, 0.15) is 22.2 Å². The molecule has 3 rings (SSSR count). The van der Waals surface area contributed by atoms with E-state index in [-0.39, 0.29) is 43.0 Å². The molecule has 1 amide bonds. The summed E-state index contributed by atoms with van der Waals surface area (Å²) in [4.78, 5) is 26.3. The second-order valence-corrected chi connectivity index (χ2v) is 10.3. The van der Waals surface area contributed by atoms with Gasteiger partial charge in [0.05, 0.1) is 21.7 Å². The predicted molar refractivity (Wildman–Crippen MR) is 141 cm³/mol. The van der Waals surface area contributed by atoms with E-state index in [1.165, 1.54) is 11.3 Å². The molecule has 1 aromatic heterocycles. The van der Waals surface area contributed by atoms with Gasteiger partial charge in [0.15, 0.2) is 12.4 Å². The largest absolute Gasteiger partial charge is 0.481 e. The molecule has 0 aliphatic heterocycles. The number of amides is 1. The number of halogens is 6. The van der Waals surface area contributed by atoms with Crippen molar-refractivity contribution in [2.75, 3.05) is 18.5 Å². The van der Waals surface area contributed by atoms with Gasteiger partial charge in [-0.15, -0.1) is 11.3 Å². The summed E-state index contributed by atoms with van der Waals surface area (Å²) in [5.41, 5.74) is 1.62. The van der Waals surface area contributed by atoms with Crippen molar-refractivity contribution in [3.05, 3.63) is 64.8 Å². The first kappa shape index (κ1) is 27.2. The van der Waals surface area contributed by atoms with Crippen molar-refractivity contribution in [3.63, 3.8) is 0 Å². The van der Waals surface area contributed by atoms with Crippen LogP contribution in [0, 0.1) is 6.92 Å². The summed E-state index contributed by atoms with van der Waals surface area (Å²) in [6.07, 6.45) is 0. The Balaban J connectivity index is 1.90. The highest BCUT2D eigenvalue weighted by Crippen LogP contribution is 2.48. The molecule has 0 saturated heterocycles. The first-order chi connectivity index (χ1) is 16.1. The Hall–Kier alpha value is -1.38. The number of aryl methyl sites for hydroxylation is 1. The molecule has 0 spiro atoms. The Kier molecular flexibility index (Phi) is 9.26. The number of hydrogen-bond acceptors (Lipinski definition) is 5. The number of benzene rings is 2. The minimum Gasteiger partial charge on any atom is -0.481 e. The SMILES string of the molecule is CCOC(=O)c1c(NC(=O)COc2c(Cl)c(Cl)c(Cl)c(Cl)c2Cl)sc(C)c1-c1ccc(Cl)cc1. The molecule has 0 atom stereocenters. The van der Waals surface area contributed by atoms with E-state index in [0.29, 0.717) is 15.6 Å². The van der Waals surface area contributed by atoms with Gasteiger partial charge in [-0.1, -0.05) is 81.7 Å². The lowest BCUT2D eigenvalue weighted by atomic mass is 10.0. The number of hydrogen-bond donors (Lipinski definition) is 1.